The van der Waals surface area contributed by atoms with Crippen molar-refractivity contribution < 1.29 is 23.8 Å². The van der Waals surface area contributed by atoms with Crippen molar-refractivity contribution in [3.63, 3.8) is 0 Å². The standard InChI is InChI=1S/C27H22Cl2N2O6S/c1-5-11-36-26(34)23-14(2)30-27-31(24(23)16-9-10-20(37-15(3)32)21(12-16)35-4)25(33)22(38-27)13-17-18(28)7-6-8-19(17)29/h5-10,12-13,24H,1,11H2,2-4H3/b22-13-. The molecular weight excluding hydrogens is 551 g/mol. The first-order valence-corrected chi connectivity index (χ1v) is 12.8. The zero-order valence-corrected chi connectivity index (χ0v) is 22.9. The number of nitrogens with zero attached hydrogens (tertiary/aromatic N) is 2. The third kappa shape index (κ3) is 5.31. The van der Waals surface area contributed by atoms with Crippen LogP contribution in [0.4, 0.5) is 0 Å². The number of hydrogen-bond acceptors (Lipinski definition) is 8. The number of ether oxygens (including phenoxy) is 3. The first kappa shape index (κ1) is 27.4. The molecule has 0 spiro atoms. The molecule has 1 unspecified atom stereocenters. The van der Waals surface area contributed by atoms with Crippen molar-refractivity contribution in [3.05, 3.63) is 101 Å². The van der Waals surface area contributed by atoms with Gasteiger partial charge in [0.05, 0.1) is 29.0 Å². The normalized spacial score (nSPS) is 15.0. The molecule has 0 saturated heterocycles. The Labute approximate surface area is 231 Å². The van der Waals surface area contributed by atoms with Gasteiger partial charge in [-0.25, -0.2) is 9.79 Å². The molecule has 3 aromatic rings. The van der Waals surface area contributed by atoms with E-state index in [9.17, 15) is 14.4 Å². The Balaban J connectivity index is 1.97. The highest BCUT2D eigenvalue weighted by Crippen LogP contribution is 2.36. The quantitative estimate of drug-likeness (QED) is 0.239. The van der Waals surface area contributed by atoms with E-state index in [0.29, 0.717) is 36.2 Å². The second kappa shape index (κ2) is 11.4. The van der Waals surface area contributed by atoms with E-state index in [-0.39, 0.29) is 23.7 Å². The van der Waals surface area contributed by atoms with Crippen molar-refractivity contribution in [1.82, 2.24) is 4.57 Å². The van der Waals surface area contributed by atoms with Gasteiger partial charge in [-0.2, -0.15) is 0 Å². The Kier molecular flexibility index (Phi) is 8.20. The lowest BCUT2D eigenvalue weighted by atomic mass is 9.95. The number of carbonyl (C=O) groups is 2. The summed E-state index contributed by atoms with van der Waals surface area (Å²) in [6.45, 7) is 6.51. The molecule has 0 bridgehead atoms. The molecule has 0 radical (unpaired) electrons. The van der Waals surface area contributed by atoms with E-state index in [1.54, 1.807) is 43.3 Å². The van der Waals surface area contributed by atoms with Crippen LogP contribution in [0.15, 0.2) is 70.1 Å². The zero-order chi connectivity index (χ0) is 27.6. The highest BCUT2D eigenvalue weighted by molar-refractivity contribution is 7.07. The number of fused-ring (bicyclic) bond motifs is 1. The highest BCUT2D eigenvalue weighted by atomic mass is 35.5. The van der Waals surface area contributed by atoms with E-state index in [1.807, 2.05) is 0 Å². The van der Waals surface area contributed by atoms with Crippen LogP contribution in [-0.2, 0) is 14.3 Å². The molecule has 38 heavy (non-hydrogen) atoms. The predicted molar refractivity (Wildman–Crippen MR) is 146 cm³/mol. The number of benzene rings is 2. The molecule has 4 rings (SSSR count). The van der Waals surface area contributed by atoms with E-state index >= 15 is 0 Å². The van der Waals surface area contributed by atoms with Gasteiger partial charge in [0.1, 0.15) is 6.61 Å². The van der Waals surface area contributed by atoms with Gasteiger partial charge < -0.3 is 14.2 Å². The van der Waals surface area contributed by atoms with E-state index < -0.39 is 23.5 Å². The van der Waals surface area contributed by atoms with Gasteiger partial charge in [-0.1, -0.05) is 59.3 Å². The van der Waals surface area contributed by atoms with Crippen molar-refractivity contribution in [2.24, 2.45) is 4.99 Å². The summed E-state index contributed by atoms with van der Waals surface area (Å²) < 4.78 is 17.7. The number of carbonyl (C=O) groups excluding carboxylic acids is 2. The zero-order valence-electron chi connectivity index (χ0n) is 20.6. The first-order chi connectivity index (χ1) is 18.2. The Bertz CT molecular complexity index is 1650. The van der Waals surface area contributed by atoms with Gasteiger partial charge in [0.25, 0.3) is 5.56 Å². The summed E-state index contributed by atoms with van der Waals surface area (Å²) in [4.78, 5) is 43.4. The molecule has 0 aliphatic carbocycles. The van der Waals surface area contributed by atoms with Gasteiger partial charge in [-0.15, -0.1) is 0 Å². The number of hydrogen-bond donors (Lipinski definition) is 0. The Morgan fingerprint density at radius 2 is 1.89 bits per heavy atom. The Hall–Kier alpha value is -3.66. The lowest BCUT2D eigenvalue weighted by molar-refractivity contribution is -0.138. The van der Waals surface area contributed by atoms with Crippen LogP contribution in [0, 0.1) is 0 Å². The fourth-order valence-electron chi connectivity index (χ4n) is 3.98. The van der Waals surface area contributed by atoms with Crippen LogP contribution in [0.25, 0.3) is 6.08 Å². The molecule has 0 saturated carbocycles. The number of halogens is 2. The Morgan fingerprint density at radius 1 is 1.18 bits per heavy atom. The molecule has 11 heteroatoms. The van der Waals surface area contributed by atoms with Crippen LogP contribution < -0.4 is 24.4 Å². The molecule has 2 heterocycles. The predicted octanol–water partition coefficient (Wildman–Crippen LogP) is 4.21. The van der Waals surface area contributed by atoms with Gasteiger partial charge in [0, 0.05) is 22.5 Å². The number of thiazole rings is 1. The largest absolute Gasteiger partial charge is 0.493 e. The number of esters is 2. The van der Waals surface area contributed by atoms with Crippen LogP contribution in [0.5, 0.6) is 11.5 Å². The van der Waals surface area contributed by atoms with Gasteiger partial charge in [-0.05, 0) is 42.8 Å². The van der Waals surface area contributed by atoms with Crippen molar-refractivity contribution in [2.45, 2.75) is 19.9 Å². The van der Waals surface area contributed by atoms with Gasteiger partial charge in [0.15, 0.2) is 16.3 Å². The molecule has 1 aliphatic heterocycles. The molecule has 0 N–H and O–H groups in total. The second-order valence-electron chi connectivity index (χ2n) is 8.11. The maximum atomic E-state index is 13.8. The summed E-state index contributed by atoms with van der Waals surface area (Å²) in [7, 11) is 1.42. The minimum absolute atomic E-state index is 0.0214. The van der Waals surface area contributed by atoms with Gasteiger partial charge in [0.2, 0.25) is 0 Å². The highest BCUT2D eigenvalue weighted by Gasteiger charge is 2.34. The summed E-state index contributed by atoms with van der Waals surface area (Å²) >= 11 is 13.8. The summed E-state index contributed by atoms with van der Waals surface area (Å²) in [5, 5.41) is 0.770. The second-order valence-corrected chi connectivity index (χ2v) is 9.93. The molecule has 0 amide bonds. The van der Waals surface area contributed by atoms with Crippen molar-refractivity contribution in [2.75, 3.05) is 13.7 Å². The topological polar surface area (TPSA) is 96.2 Å². The summed E-state index contributed by atoms with van der Waals surface area (Å²) in [6.07, 6.45) is 3.05. The lowest BCUT2D eigenvalue weighted by Gasteiger charge is -2.25. The average Bonchev–Trinajstić information content (AvgIpc) is 3.18. The molecule has 1 aromatic heterocycles. The van der Waals surface area contributed by atoms with Crippen LogP contribution >= 0.6 is 34.5 Å². The Morgan fingerprint density at radius 3 is 2.53 bits per heavy atom. The number of rotatable bonds is 7. The van der Waals surface area contributed by atoms with Gasteiger partial charge >= 0.3 is 11.9 Å². The smallest absolute Gasteiger partial charge is 0.338 e. The number of allylic oxidation sites excluding steroid dienone is 1. The molecule has 1 atom stereocenters. The monoisotopic (exact) mass is 572 g/mol. The third-order valence-corrected chi connectivity index (χ3v) is 7.25. The number of methoxy groups -OCH3 is 1. The minimum Gasteiger partial charge on any atom is -0.493 e. The first-order valence-electron chi connectivity index (χ1n) is 11.3. The maximum Gasteiger partial charge on any atom is 0.338 e. The minimum atomic E-state index is -0.910. The van der Waals surface area contributed by atoms with Crippen LogP contribution in [-0.4, -0.2) is 30.2 Å². The fraction of sp³-hybridized carbons (Fsp3) is 0.185. The molecular formula is C27H22Cl2N2O6S. The molecule has 196 valence electrons. The molecule has 0 fully saturated rings. The summed E-state index contributed by atoms with van der Waals surface area (Å²) in [5.41, 5.74) is 1.16. The van der Waals surface area contributed by atoms with Crippen molar-refractivity contribution in [3.8, 4) is 11.5 Å². The summed E-state index contributed by atoms with van der Waals surface area (Å²) in [6, 6.07) is 8.94. The van der Waals surface area contributed by atoms with Crippen LogP contribution in [0.2, 0.25) is 10.0 Å². The number of aromatic nitrogens is 1. The SMILES string of the molecule is C=CCOC(=O)C1=C(C)N=c2s/c(=C\c3c(Cl)cccc3Cl)c(=O)n2C1c1ccc(OC(C)=O)c(OC)c1. The molecule has 2 aromatic carbocycles. The van der Waals surface area contributed by atoms with E-state index in [0.717, 1.165) is 11.3 Å². The fourth-order valence-corrected chi connectivity index (χ4v) is 5.52. The molecule has 8 nitrogen and oxygen atoms in total. The summed E-state index contributed by atoms with van der Waals surface area (Å²) in [5.74, 6) is -0.730. The molecule has 1 aliphatic rings. The van der Waals surface area contributed by atoms with Crippen molar-refractivity contribution >= 4 is 52.6 Å². The van der Waals surface area contributed by atoms with Crippen molar-refractivity contribution in [1.29, 1.82) is 0 Å². The maximum absolute atomic E-state index is 13.8. The lowest BCUT2D eigenvalue weighted by Crippen LogP contribution is -2.40. The third-order valence-electron chi connectivity index (χ3n) is 5.61. The van der Waals surface area contributed by atoms with E-state index in [2.05, 4.69) is 11.6 Å². The van der Waals surface area contributed by atoms with E-state index in [1.165, 1.54) is 30.7 Å². The van der Waals surface area contributed by atoms with Gasteiger partial charge in [-0.3, -0.25) is 14.2 Å². The van der Waals surface area contributed by atoms with Crippen LogP contribution in [0.3, 0.4) is 0 Å². The average molecular weight is 573 g/mol. The van der Waals surface area contributed by atoms with E-state index in [4.69, 9.17) is 37.4 Å². The van der Waals surface area contributed by atoms with Crippen LogP contribution in [0.1, 0.15) is 31.0 Å².